The Hall–Kier alpha value is -2.04. The van der Waals surface area contributed by atoms with Crippen LogP contribution >= 0.6 is 0 Å². The van der Waals surface area contributed by atoms with Crippen molar-refractivity contribution in [2.75, 3.05) is 19.5 Å². The molecule has 2 rings (SSSR count). The number of benzene rings is 2. The second-order valence-electron chi connectivity index (χ2n) is 4.51. The fourth-order valence-corrected chi connectivity index (χ4v) is 1.95. The number of ether oxygens (including phenoxy) is 2. The Morgan fingerprint density at radius 1 is 1.15 bits per heavy atom. The quantitative estimate of drug-likeness (QED) is 0.794. The number of hydrogen-bond donors (Lipinski definition) is 2. The van der Waals surface area contributed by atoms with Crippen molar-refractivity contribution in [3.05, 3.63) is 59.7 Å². The minimum absolute atomic E-state index is 0.200. The highest BCUT2D eigenvalue weighted by Crippen LogP contribution is 2.20. The Bertz CT molecular complexity index is 557. The predicted molar refractivity (Wildman–Crippen MR) is 78.5 cm³/mol. The summed E-state index contributed by atoms with van der Waals surface area (Å²) in [5.41, 5.74) is 8.07. The van der Waals surface area contributed by atoms with Gasteiger partial charge in [0.2, 0.25) is 0 Å². The van der Waals surface area contributed by atoms with Crippen LogP contribution in [0.4, 0.5) is 5.69 Å². The van der Waals surface area contributed by atoms with E-state index < -0.39 is 6.10 Å². The molecule has 106 valence electrons. The summed E-state index contributed by atoms with van der Waals surface area (Å²) in [6, 6.07) is 14.9. The molecule has 0 heterocycles. The predicted octanol–water partition coefficient (Wildman–Crippen LogP) is 2.53. The molecular weight excluding hydrogens is 254 g/mol. The van der Waals surface area contributed by atoms with E-state index in [1.165, 1.54) is 0 Å². The molecule has 0 aliphatic carbocycles. The van der Waals surface area contributed by atoms with E-state index in [0.717, 1.165) is 11.3 Å². The Balaban J connectivity index is 1.88. The monoisotopic (exact) mass is 273 g/mol. The summed E-state index contributed by atoms with van der Waals surface area (Å²) >= 11 is 0. The lowest BCUT2D eigenvalue weighted by molar-refractivity contribution is 0.0280. The van der Waals surface area contributed by atoms with E-state index in [0.29, 0.717) is 17.9 Å². The lowest BCUT2D eigenvalue weighted by atomic mass is 10.1. The number of methoxy groups -OCH3 is 1. The summed E-state index contributed by atoms with van der Waals surface area (Å²) < 4.78 is 10.7. The van der Waals surface area contributed by atoms with Crippen molar-refractivity contribution in [3.8, 4) is 5.75 Å². The molecule has 0 bridgehead atoms. The Kier molecular flexibility index (Phi) is 4.98. The van der Waals surface area contributed by atoms with Crippen molar-refractivity contribution in [1.82, 2.24) is 0 Å². The number of rotatable bonds is 6. The summed E-state index contributed by atoms with van der Waals surface area (Å²) in [5.74, 6) is 0.791. The third-order valence-electron chi connectivity index (χ3n) is 3.03. The fourth-order valence-electron chi connectivity index (χ4n) is 1.95. The topological polar surface area (TPSA) is 64.7 Å². The SMILES string of the molecule is COc1cccc(COCC(O)c2ccccc2N)c1. The number of anilines is 1. The molecule has 0 aliphatic rings. The zero-order valence-electron chi connectivity index (χ0n) is 11.5. The molecular formula is C16H19NO3. The molecule has 1 unspecified atom stereocenters. The van der Waals surface area contributed by atoms with Crippen LogP contribution in [-0.4, -0.2) is 18.8 Å². The largest absolute Gasteiger partial charge is 0.497 e. The normalized spacial score (nSPS) is 12.1. The number of aliphatic hydroxyl groups excluding tert-OH is 1. The van der Waals surface area contributed by atoms with E-state index in [-0.39, 0.29) is 6.61 Å². The van der Waals surface area contributed by atoms with Gasteiger partial charge in [0.1, 0.15) is 11.9 Å². The maximum Gasteiger partial charge on any atom is 0.119 e. The molecule has 3 N–H and O–H groups in total. The minimum Gasteiger partial charge on any atom is -0.497 e. The molecule has 0 aromatic heterocycles. The van der Waals surface area contributed by atoms with Crippen LogP contribution in [0.3, 0.4) is 0 Å². The van der Waals surface area contributed by atoms with Crippen molar-refractivity contribution in [2.24, 2.45) is 0 Å². The molecule has 0 amide bonds. The first-order valence-electron chi connectivity index (χ1n) is 6.44. The van der Waals surface area contributed by atoms with Gasteiger partial charge in [0.15, 0.2) is 0 Å². The molecule has 0 spiro atoms. The zero-order valence-corrected chi connectivity index (χ0v) is 11.5. The highest BCUT2D eigenvalue weighted by atomic mass is 16.5. The average Bonchev–Trinajstić information content (AvgIpc) is 2.48. The molecule has 0 saturated carbocycles. The van der Waals surface area contributed by atoms with Crippen LogP contribution in [0.1, 0.15) is 17.2 Å². The standard InChI is InChI=1S/C16H19NO3/c1-19-13-6-4-5-12(9-13)10-20-11-16(18)14-7-2-3-8-15(14)17/h2-9,16,18H,10-11,17H2,1H3. The molecule has 0 radical (unpaired) electrons. The van der Waals surface area contributed by atoms with Crippen molar-refractivity contribution < 1.29 is 14.6 Å². The molecule has 20 heavy (non-hydrogen) atoms. The molecule has 2 aromatic carbocycles. The van der Waals surface area contributed by atoms with Crippen molar-refractivity contribution >= 4 is 5.69 Å². The number of nitrogens with two attached hydrogens (primary N) is 1. The Morgan fingerprint density at radius 3 is 2.70 bits per heavy atom. The molecule has 0 aliphatic heterocycles. The van der Waals surface area contributed by atoms with Crippen molar-refractivity contribution in [3.63, 3.8) is 0 Å². The summed E-state index contributed by atoms with van der Waals surface area (Å²) in [6.07, 6.45) is -0.721. The highest BCUT2D eigenvalue weighted by Gasteiger charge is 2.10. The summed E-state index contributed by atoms with van der Waals surface area (Å²) in [7, 11) is 1.63. The first-order valence-corrected chi connectivity index (χ1v) is 6.44. The number of para-hydroxylation sites is 1. The third-order valence-corrected chi connectivity index (χ3v) is 3.03. The smallest absolute Gasteiger partial charge is 0.119 e. The highest BCUT2D eigenvalue weighted by molar-refractivity contribution is 5.47. The number of nitrogen functional groups attached to an aromatic ring is 1. The van der Waals surface area contributed by atoms with Crippen LogP contribution < -0.4 is 10.5 Å². The zero-order chi connectivity index (χ0) is 14.4. The van der Waals surface area contributed by atoms with E-state index in [1.54, 1.807) is 19.2 Å². The van der Waals surface area contributed by atoms with Gasteiger partial charge in [-0.1, -0.05) is 30.3 Å². The summed E-state index contributed by atoms with van der Waals surface area (Å²) in [4.78, 5) is 0. The van der Waals surface area contributed by atoms with Crippen LogP contribution in [-0.2, 0) is 11.3 Å². The molecule has 0 saturated heterocycles. The second-order valence-corrected chi connectivity index (χ2v) is 4.51. The number of aliphatic hydroxyl groups is 1. The van der Waals surface area contributed by atoms with Gasteiger partial charge in [0.05, 0.1) is 20.3 Å². The minimum atomic E-state index is -0.721. The lowest BCUT2D eigenvalue weighted by Gasteiger charge is -2.14. The summed E-state index contributed by atoms with van der Waals surface area (Å²) in [6.45, 7) is 0.617. The van der Waals surface area contributed by atoms with E-state index in [1.807, 2.05) is 36.4 Å². The van der Waals surface area contributed by atoms with E-state index in [2.05, 4.69) is 0 Å². The van der Waals surface area contributed by atoms with E-state index in [9.17, 15) is 5.11 Å². The van der Waals surface area contributed by atoms with Gasteiger partial charge >= 0.3 is 0 Å². The first-order chi connectivity index (χ1) is 9.70. The van der Waals surface area contributed by atoms with Gasteiger partial charge in [-0.3, -0.25) is 0 Å². The van der Waals surface area contributed by atoms with E-state index in [4.69, 9.17) is 15.2 Å². The fraction of sp³-hybridized carbons (Fsp3) is 0.250. The molecule has 4 heteroatoms. The van der Waals surface area contributed by atoms with Gasteiger partial charge in [0.25, 0.3) is 0 Å². The molecule has 4 nitrogen and oxygen atoms in total. The van der Waals surface area contributed by atoms with Crippen molar-refractivity contribution in [2.45, 2.75) is 12.7 Å². The maximum absolute atomic E-state index is 10.1. The van der Waals surface area contributed by atoms with Crippen LogP contribution in [0, 0.1) is 0 Å². The molecule has 2 aromatic rings. The van der Waals surface area contributed by atoms with Gasteiger partial charge in [-0.2, -0.15) is 0 Å². The van der Waals surface area contributed by atoms with Crippen LogP contribution in [0.5, 0.6) is 5.75 Å². The first kappa shape index (κ1) is 14.4. The van der Waals surface area contributed by atoms with Crippen LogP contribution in [0.25, 0.3) is 0 Å². The lowest BCUT2D eigenvalue weighted by Crippen LogP contribution is -2.09. The van der Waals surface area contributed by atoms with Gasteiger partial charge in [-0.05, 0) is 23.8 Å². The second kappa shape index (κ2) is 6.93. The van der Waals surface area contributed by atoms with Gasteiger partial charge in [0, 0.05) is 11.3 Å². The van der Waals surface area contributed by atoms with E-state index >= 15 is 0 Å². The van der Waals surface area contributed by atoms with Crippen LogP contribution in [0.2, 0.25) is 0 Å². The van der Waals surface area contributed by atoms with Gasteiger partial charge < -0.3 is 20.3 Å². The van der Waals surface area contributed by atoms with Gasteiger partial charge in [-0.25, -0.2) is 0 Å². The Morgan fingerprint density at radius 2 is 1.95 bits per heavy atom. The van der Waals surface area contributed by atoms with Crippen molar-refractivity contribution in [1.29, 1.82) is 0 Å². The number of hydrogen-bond acceptors (Lipinski definition) is 4. The maximum atomic E-state index is 10.1. The summed E-state index contributed by atoms with van der Waals surface area (Å²) in [5, 5.41) is 10.1. The molecule has 0 fully saturated rings. The third kappa shape index (κ3) is 3.73. The Labute approximate surface area is 118 Å². The molecule has 1 atom stereocenters. The van der Waals surface area contributed by atoms with Gasteiger partial charge in [-0.15, -0.1) is 0 Å². The average molecular weight is 273 g/mol. The van der Waals surface area contributed by atoms with Crippen LogP contribution in [0.15, 0.2) is 48.5 Å².